The van der Waals surface area contributed by atoms with Crippen LogP contribution < -0.4 is 15.4 Å². The Balaban J connectivity index is 1.89. The van der Waals surface area contributed by atoms with Gasteiger partial charge in [0.2, 0.25) is 11.8 Å². The fourth-order valence-electron chi connectivity index (χ4n) is 3.45. The smallest absolute Gasteiger partial charge is 0.238 e. The minimum Gasteiger partial charge on any atom is -0.495 e. The van der Waals surface area contributed by atoms with Crippen LogP contribution in [0.3, 0.4) is 0 Å². The molecule has 0 saturated carbocycles. The standard InChI is InChI=1S/C25H35N3O3/c1-5-17-28(18-24(29)27-22-13-9-10-14-23(22)31-4)20(3)25(30)26-19(2)15-16-21-11-7-6-8-12-21/h6-14,19-20H,5,15-18H2,1-4H3,(H,26,30)(H,27,29)/t19-,20+/m1/s1. The van der Waals surface area contributed by atoms with Gasteiger partial charge in [0.25, 0.3) is 0 Å². The highest BCUT2D eigenvalue weighted by atomic mass is 16.5. The van der Waals surface area contributed by atoms with Crippen molar-refractivity contribution in [1.29, 1.82) is 0 Å². The molecule has 0 aliphatic carbocycles. The average molecular weight is 426 g/mol. The molecule has 6 nitrogen and oxygen atoms in total. The van der Waals surface area contributed by atoms with E-state index in [0.717, 1.165) is 19.3 Å². The molecule has 0 radical (unpaired) electrons. The van der Waals surface area contributed by atoms with Crippen LogP contribution in [0.2, 0.25) is 0 Å². The van der Waals surface area contributed by atoms with Gasteiger partial charge in [-0.05, 0) is 57.4 Å². The lowest BCUT2D eigenvalue weighted by Gasteiger charge is -2.28. The SMILES string of the molecule is CCCN(CC(=O)Nc1ccccc1OC)[C@@H](C)C(=O)N[C@H](C)CCc1ccccc1. The lowest BCUT2D eigenvalue weighted by molar-refractivity contribution is -0.127. The summed E-state index contributed by atoms with van der Waals surface area (Å²) in [5, 5.41) is 5.98. The molecule has 0 heterocycles. The van der Waals surface area contributed by atoms with Crippen LogP contribution in [0.5, 0.6) is 5.75 Å². The number of benzene rings is 2. The molecule has 31 heavy (non-hydrogen) atoms. The summed E-state index contributed by atoms with van der Waals surface area (Å²) >= 11 is 0. The zero-order valence-corrected chi connectivity index (χ0v) is 19.1. The summed E-state index contributed by atoms with van der Waals surface area (Å²) in [6.45, 7) is 6.71. The zero-order valence-electron chi connectivity index (χ0n) is 19.1. The number of para-hydroxylation sites is 2. The number of rotatable bonds is 12. The number of methoxy groups -OCH3 is 1. The van der Waals surface area contributed by atoms with E-state index in [-0.39, 0.29) is 24.4 Å². The molecule has 2 aromatic carbocycles. The van der Waals surface area contributed by atoms with Crippen molar-refractivity contribution in [3.05, 3.63) is 60.2 Å². The van der Waals surface area contributed by atoms with Crippen LogP contribution in [0.1, 0.15) is 39.2 Å². The third-order valence-corrected chi connectivity index (χ3v) is 5.26. The van der Waals surface area contributed by atoms with Gasteiger partial charge in [-0.3, -0.25) is 14.5 Å². The van der Waals surface area contributed by atoms with Crippen molar-refractivity contribution in [3.8, 4) is 5.75 Å². The van der Waals surface area contributed by atoms with E-state index in [1.807, 2.05) is 56.0 Å². The van der Waals surface area contributed by atoms with E-state index in [0.29, 0.717) is 18.0 Å². The molecule has 6 heteroatoms. The van der Waals surface area contributed by atoms with Crippen LogP contribution in [-0.4, -0.2) is 49.0 Å². The Morgan fingerprint density at radius 2 is 1.71 bits per heavy atom. The summed E-state index contributed by atoms with van der Waals surface area (Å²) in [4.78, 5) is 27.4. The summed E-state index contributed by atoms with van der Waals surface area (Å²) in [6.07, 6.45) is 2.63. The maximum absolute atomic E-state index is 12.8. The highest BCUT2D eigenvalue weighted by Gasteiger charge is 2.24. The Kier molecular flexibility index (Phi) is 10.0. The van der Waals surface area contributed by atoms with Crippen molar-refractivity contribution >= 4 is 17.5 Å². The van der Waals surface area contributed by atoms with Gasteiger partial charge in [0.05, 0.1) is 25.4 Å². The van der Waals surface area contributed by atoms with Crippen molar-refractivity contribution in [2.75, 3.05) is 25.5 Å². The van der Waals surface area contributed by atoms with Gasteiger partial charge in [-0.15, -0.1) is 0 Å². The number of carbonyl (C=O) groups is 2. The summed E-state index contributed by atoms with van der Waals surface area (Å²) in [7, 11) is 1.57. The lowest BCUT2D eigenvalue weighted by atomic mass is 10.1. The molecule has 0 fully saturated rings. The molecule has 168 valence electrons. The molecule has 0 aliphatic rings. The molecule has 2 N–H and O–H groups in total. The number of carbonyl (C=O) groups excluding carboxylic acids is 2. The van der Waals surface area contributed by atoms with Crippen LogP contribution in [0.25, 0.3) is 0 Å². The van der Waals surface area contributed by atoms with Crippen LogP contribution in [0, 0.1) is 0 Å². The highest BCUT2D eigenvalue weighted by Crippen LogP contribution is 2.23. The topological polar surface area (TPSA) is 70.7 Å². The fourth-order valence-corrected chi connectivity index (χ4v) is 3.45. The molecule has 2 atom stereocenters. The van der Waals surface area contributed by atoms with Crippen molar-refractivity contribution in [3.63, 3.8) is 0 Å². The second kappa shape index (κ2) is 12.7. The molecule has 0 aliphatic heterocycles. The molecular formula is C25H35N3O3. The number of nitrogens with zero attached hydrogens (tertiary/aromatic N) is 1. The second-order valence-electron chi connectivity index (χ2n) is 7.83. The van der Waals surface area contributed by atoms with Crippen molar-refractivity contribution in [1.82, 2.24) is 10.2 Å². The number of nitrogens with one attached hydrogen (secondary N) is 2. The number of hydrogen-bond donors (Lipinski definition) is 2. The zero-order chi connectivity index (χ0) is 22.6. The number of ether oxygens (including phenoxy) is 1. The molecule has 0 unspecified atom stereocenters. The van der Waals surface area contributed by atoms with Gasteiger partial charge in [-0.2, -0.15) is 0 Å². The predicted octanol–water partition coefficient (Wildman–Crippen LogP) is 3.87. The van der Waals surface area contributed by atoms with Gasteiger partial charge >= 0.3 is 0 Å². The summed E-state index contributed by atoms with van der Waals surface area (Å²) in [5.41, 5.74) is 1.88. The van der Waals surface area contributed by atoms with Crippen molar-refractivity contribution in [2.45, 2.75) is 52.1 Å². The maximum atomic E-state index is 12.8. The number of anilines is 1. The van der Waals surface area contributed by atoms with Gasteiger partial charge in [-0.25, -0.2) is 0 Å². The van der Waals surface area contributed by atoms with Gasteiger partial charge in [-0.1, -0.05) is 49.4 Å². The summed E-state index contributed by atoms with van der Waals surface area (Å²) in [5.74, 6) is 0.379. The van der Waals surface area contributed by atoms with Crippen molar-refractivity contribution in [2.24, 2.45) is 0 Å². The molecule has 0 bridgehead atoms. The Morgan fingerprint density at radius 1 is 1.03 bits per heavy atom. The van der Waals surface area contributed by atoms with Gasteiger partial charge in [0, 0.05) is 6.04 Å². The number of aryl methyl sites for hydroxylation is 1. The molecule has 2 amide bonds. The largest absolute Gasteiger partial charge is 0.495 e. The van der Waals surface area contributed by atoms with E-state index in [2.05, 4.69) is 22.8 Å². The molecule has 0 spiro atoms. The van der Waals surface area contributed by atoms with Crippen LogP contribution >= 0.6 is 0 Å². The van der Waals surface area contributed by atoms with Crippen LogP contribution in [0.15, 0.2) is 54.6 Å². The minimum atomic E-state index is -0.400. The quantitative estimate of drug-likeness (QED) is 0.542. The van der Waals surface area contributed by atoms with E-state index < -0.39 is 6.04 Å². The summed E-state index contributed by atoms with van der Waals surface area (Å²) < 4.78 is 5.29. The first kappa shape index (κ1) is 24.4. The van der Waals surface area contributed by atoms with Crippen LogP contribution in [0.4, 0.5) is 5.69 Å². The Morgan fingerprint density at radius 3 is 2.39 bits per heavy atom. The monoisotopic (exact) mass is 425 g/mol. The molecular weight excluding hydrogens is 390 g/mol. The first-order chi connectivity index (χ1) is 14.9. The van der Waals surface area contributed by atoms with Crippen molar-refractivity contribution < 1.29 is 14.3 Å². The van der Waals surface area contributed by atoms with E-state index in [4.69, 9.17) is 4.74 Å². The highest BCUT2D eigenvalue weighted by molar-refractivity contribution is 5.94. The Labute approximate surface area is 186 Å². The van der Waals surface area contributed by atoms with E-state index in [9.17, 15) is 9.59 Å². The average Bonchev–Trinajstić information content (AvgIpc) is 2.78. The van der Waals surface area contributed by atoms with Gasteiger partial charge in [0.15, 0.2) is 0 Å². The normalized spacial score (nSPS) is 12.8. The maximum Gasteiger partial charge on any atom is 0.238 e. The van der Waals surface area contributed by atoms with Gasteiger partial charge in [0.1, 0.15) is 5.75 Å². The summed E-state index contributed by atoms with van der Waals surface area (Å²) in [6, 6.07) is 17.2. The van der Waals surface area contributed by atoms with E-state index >= 15 is 0 Å². The van der Waals surface area contributed by atoms with Crippen LogP contribution in [-0.2, 0) is 16.0 Å². The first-order valence-corrected chi connectivity index (χ1v) is 11.0. The Hall–Kier alpha value is -2.86. The molecule has 0 aromatic heterocycles. The fraction of sp³-hybridized carbons (Fsp3) is 0.440. The minimum absolute atomic E-state index is 0.0564. The van der Waals surface area contributed by atoms with Gasteiger partial charge < -0.3 is 15.4 Å². The predicted molar refractivity (Wildman–Crippen MR) is 125 cm³/mol. The second-order valence-corrected chi connectivity index (χ2v) is 7.83. The lowest BCUT2D eigenvalue weighted by Crippen LogP contribution is -2.50. The third-order valence-electron chi connectivity index (χ3n) is 5.26. The number of amides is 2. The molecule has 2 rings (SSSR count). The number of hydrogen-bond acceptors (Lipinski definition) is 4. The Bertz CT molecular complexity index is 826. The van der Waals surface area contributed by atoms with E-state index in [1.165, 1.54) is 5.56 Å². The molecule has 0 saturated heterocycles. The molecule has 2 aromatic rings. The van der Waals surface area contributed by atoms with E-state index in [1.54, 1.807) is 19.2 Å². The third kappa shape index (κ3) is 8.06. The first-order valence-electron chi connectivity index (χ1n) is 11.0.